The average molecular weight is 422 g/mol. The number of amides is 6. The van der Waals surface area contributed by atoms with E-state index in [0.29, 0.717) is 11.4 Å². The number of carbonyl (C=O) groups excluding carboxylic acids is 5. The van der Waals surface area contributed by atoms with Gasteiger partial charge in [0, 0.05) is 39.0 Å². The summed E-state index contributed by atoms with van der Waals surface area (Å²) in [6.45, 7) is 1.70. The molecule has 11 nitrogen and oxygen atoms in total. The van der Waals surface area contributed by atoms with Crippen LogP contribution >= 0.6 is 11.3 Å². The highest BCUT2D eigenvalue weighted by atomic mass is 32.1. The lowest BCUT2D eigenvalue weighted by Gasteiger charge is -2.28. The highest BCUT2D eigenvalue weighted by Gasteiger charge is 2.40. The molecular formula is C17H22N6O5S. The lowest BCUT2D eigenvalue weighted by atomic mass is 10.1. The van der Waals surface area contributed by atoms with Crippen LogP contribution in [0, 0.1) is 0 Å². The molecule has 6 amide bonds. The van der Waals surface area contributed by atoms with Crippen LogP contribution in [0.4, 0.5) is 4.79 Å². The van der Waals surface area contributed by atoms with Crippen LogP contribution in [-0.4, -0.2) is 77.2 Å². The number of hydrogen-bond donors (Lipinski definition) is 3. The normalized spacial score (nSPS) is 24.3. The second-order valence-electron chi connectivity index (χ2n) is 6.94. The largest absolute Gasteiger partial charge is 0.354 e. The molecule has 0 radical (unpaired) electrons. The highest BCUT2D eigenvalue weighted by Crippen LogP contribution is 2.34. The van der Waals surface area contributed by atoms with E-state index in [1.165, 1.54) is 32.4 Å². The molecule has 0 saturated carbocycles. The van der Waals surface area contributed by atoms with Crippen molar-refractivity contribution in [3.63, 3.8) is 0 Å². The Hall–Kier alpha value is -3.02. The van der Waals surface area contributed by atoms with E-state index < -0.39 is 23.9 Å². The first kappa shape index (κ1) is 20.7. The van der Waals surface area contributed by atoms with Crippen molar-refractivity contribution in [2.75, 3.05) is 20.6 Å². The van der Waals surface area contributed by atoms with Crippen LogP contribution in [0.5, 0.6) is 0 Å². The first-order chi connectivity index (χ1) is 13.7. The smallest absolute Gasteiger partial charge is 0.324 e. The monoisotopic (exact) mass is 422 g/mol. The molecule has 156 valence electrons. The molecule has 3 rings (SSSR count). The SMILES string of the molecule is CNC(=O)c1csc([C@@H]2C[C@H](NC(=O)[C@@H]3CC(=O)N(C)C(=O)N3)CN2C(C)=O)n1. The summed E-state index contributed by atoms with van der Waals surface area (Å²) < 4.78 is 0. The van der Waals surface area contributed by atoms with E-state index in [-0.39, 0.29) is 42.6 Å². The van der Waals surface area contributed by atoms with Gasteiger partial charge in [0.2, 0.25) is 17.7 Å². The van der Waals surface area contributed by atoms with Crippen LogP contribution in [0.2, 0.25) is 0 Å². The summed E-state index contributed by atoms with van der Waals surface area (Å²) in [5.41, 5.74) is 0.274. The molecule has 12 heteroatoms. The van der Waals surface area contributed by atoms with Crippen LogP contribution < -0.4 is 16.0 Å². The fraction of sp³-hybridized carbons (Fsp3) is 0.529. The minimum atomic E-state index is -0.948. The van der Waals surface area contributed by atoms with Gasteiger partial charge >= 0.3 is 6.03 Å². The molecule has 2 aliphatic heterocycles. The predicted octanol–water partition coefficient (Wildman–Crippen LogP) is -0.779. The number of rotatable bonds is 4. The third kappa shape index (κ3) is 4.21. The van der Waals surface area contributed by atoms with Crippen LogP contribution in [0.25, 0.3) is 0 Å². The number of thiazole rings is 1. The lowest BCUT2D eigenvalue weighted by molar-refractivity contribution is -0.134. The predicted molar refractivity (Wildman–Crippen MR) is 102 cm³/mol. The van der Waals surface area contributed by atoms with E-state index in [0.717, 1.165) is 4.90 Å². The number of urea groups is 1. The zero-order chi connectivity index (χ0) is 21.3. The molecule has 3 atom stereocenters. The van der Waals surface area contributed by atoms with Gasteiger partial charge in [-0.2, -0.15) is 0 Å². The van der Waals surface area contributed by atoms with Gasteiger partial charge in [-0.1, -0.05) is 0 Å². The number of carbonyl (C=O) groups is 5. The van der Waals surface area contributed by atoms with E-state index in [9.17, 15) is 24.0 Å². The Kier molecular flexibility index (Phi) is 5.82. The van der Waals surface area contributed by atoms with Gasteiger partial charge in [-0.15, -0.1) is 11.3 Å². The maximum absolute atomic E-state index is 12.5. The van der Waals surface area contributed by atoms with Gasteiger partial charge in [-0.3, -0.25) is 24.1 Å². The molecule has 0 aromatic carbocycles. The Morgan fingerprint density at radius 3 is 2.66 bits per heavy atom. The molecule has 1 aromatic heterocycles. The van der Waals surface area contributed by atoms with Crippen molar-refractivity contribution in [3.8, 4) is 0 Å². The maximum atomic E-state index is 12.5. The summed E-state index contributed by atoms with van der Waals surface area (Å²) >= 11 is 1.28. The van der Waals surface area contributed by atoms with Crippen LogP contribution in [0.15, 0.2) is 5.38 Å². The number of likely N-dealkylation sites (tertiary alicyclic amines) is 1. The van der Waals surface area contributed by atoms with Crippen LogP contribution in [0.3, 0.4) is 0 Å². The lowest BCUT2D eigenvalue weighted by Crippen LogP contribution is -2.59. The molecular weight excluding hydrogens is 400 g/mol. The summed E-state index contributed by atoms with van der Waals surface area (Å²) in [5.74, 6) is -1.40. The van der Waals surface area contributed by atoms with Gasteiger partial charge in [-0.05, 0) is 6.42 Å². The molecule has 29 heavy (non-hydrogen) atoms. The molecule has 2 saturated heterocycles. The molecule has 3 N–H and O–H groups in total. The quantitative estimate of drug-likeness (QED) is 0.581. The summed E-state index contributed by atoms with van der Waals surface area (Å²) in [4.78, 5) is 66.8. The van der Waals surface area contributed by atoms with Crippen molar-refractivity contribution >= 4 is 41.0 Å². The van der Waals surface area contributed by atoms with Gasteiger partial charge in [0.15, 0.2) is 0 Å². The summed E-state index contributed by atoms with van der Waals surface area (Å²) in [6, 6.07) is -2.30. The Labute approximate surface area is 170 Å². The summed E-state index contributed by atoms with van der Waals surface area (Å²) in [7, 11) is 2.86. The van der Waals surface area contributed by atoms with Crippen LogP contribution in [-0.2, 0) is 14.4 Å². The number of aromatic nitrogens is 1. The number of hydrogen-bond acceptors (Lipinski definition) is 7. The maximum Gasteiger partial charge on any atom is 0.324 e. The van der Waals surface area contributed by atoms with Crippen molar-refractivity contribution in [1.82, 2.24) is 30.7 Å². The van der Waals surface area contributed by atoms with E-state index in [4.69, 9.17) is 0 Å². The van der Waals surface area contributed by atoms with E-state index in [2.05, 4.69) is 20.9 Å². The minimum absolute atomic E-state index is 0.122. The van der Waals surface area contributed by atoms with E-state index in [1.807, 2.05) is 0 Å². The fourth-order valence-corrected chi connectivity index (χ4v) is 4.30. The summed E-state index contributed by atoms with van der Waals surface area (Å²) in [6.07, 6.45) is 0.295. The molecule has 0 bridgehead atoms. The van der Waals surface area contributed by atoms with E-state index in [1.54, 1.807) is 10.3 Å². The van der Waals surface area contributed by atoms with Gasteiger partial charge in [0.1, 0.15) is 16.7 Å². The number of imide groups is 1. The molecule has 1 aromatic rings. The molecule has 3 heterocycles. The standard InChI is InChI=1S/C17H22N6O5S/c1-8(24)23-6-9(4-12(23)16-20-11(7-29-16)14(26)18-2)19-15(27)10-5-13(25)22(3)17(28)21-10/h7,9-10,12H,4-6H2,1-3H3,(H,18,26)(H,19,27)(H,21,28)/t9-,10-,12-/m0/s1. The van der Waals surface area contributed by atoms with Gasteiger partial charge in [0.25, 0.3) is 5.91 Å². The molecule has 0 unspecified atom stereocenters. The Morgan fingerprint density at radius 2 is 2.03 bits per heavy atom. The van der Waals surface area contributed by atoms with Crippen molar-refractivity contribution in [2.24, 2.45) is 0 Å². The zero-order valence-corrected chi connectivity index (χ0v) is 17.0. The fourth-order valence-electron chi connectivity index (χ4n) is 3.38. The van der Waals surface area contributed by atoms with Gasteiger partial charge in [-0.25, -0.2) is 9.78 Å². The van der Waals surface area contributed by atoms with E-state index >= 15 is 0 Å². The minimum Gasteiger partial charge on any atom is -0.354 e. The molecule has 2 fully saturated rings. The molecule has 0 spiro atoms. The number of nitrogens with one attached hydrogen (secondary N) is 3. The zero-order valence-electron chi connectivity index (χ0n) is 16.2. The highest BCUT2D eigenvalue weighted by molar-refractivity contribution is 7.09. The third-order valence-corrected chi connectivity index (χ3v) is 5.94. The van der Waals surface area contributed by atoms with Gasteiger partial charge in [0.05, 0.1) is 12.5 Å². The van der Waals surface area contributed by atoms with Gasteiger partial charge < -0.3 is 20.9 Å². The number of nitrogens with zero attached hydrogens (tertiary/aromatic N) is 3. The van der Waals surface area contributed by atoms with Crippen molar-refractivity contribution in [1.29, 1.82) is 0 Å². The molecule has 0 aliphatic carbocycles. The average Bonchev–Trinajstić information content (AvgIpc) is 3.32. The van der Waals surface area contributed by atoms with Crippen molar-refractivity contribution in [2.45, 2.75) is 37.9 Å². The first-order valence-electron chi connectivity index (χ1n) is 9.03. The third-order valence-electron chi connectivity index (χ3n) is 4.99. The Bertz CT molecular complexity index is 852. The van der Waals surface area contributed by atoms with Crippen LogP contribution in [0.1, 0.15) is 41.3 Å². The second-order valence-corrected chi connectivity index (χ2v) is 7.83. The Balaban J connectivity index is 1.69. The topological polar surface area (TPSA) is 141 Å². The second kappa shape index (κ2) is 8.15. The van der Waals surface area contributed by atoms with Crippen molar-refractivity contribution in [3.05, 3.63) is 16.1 Å². The van der Waals surface area contributed by atoms with Crippen molar-refractivity contribution < 1.29 is 24.0 Å². The summed E-state index contributed by atoms with van der Waals surface area (Å²) in [5, 5.41) is 10.0. The first-order valence-corrected chi connectivity index (χ1v) is 9.91. The Morgan fingerprint density at radius 1 is 1.31 bits per heavy atom. The molecule has 2 aliphatic rings.